The van der Waals surface area contributed by atoms with Crippen molar-refractivity contribution in [3.8, 4) is 11.8 Å². The number of aryl methyl sites for hydroxylation is 2. The summed E-state index contributed by atoms with van der Waals surface area (Å²) in [5.41, 5.74) is 3.17. The first-order valence-corrected chi connectivity index (χ1v) is 6.17. The Balaban J connectivity index is 2.47. The van der Waals surface area contributed by atoms with Gasteiger partial charge in [-0.3, -0.25) is 14.1 Å². The highest BCUT2D eigenvalue weighted by molar-refractivity contribution is 5.84. The summed E-state index contributed by atoms with van der Waals surface area (Å²) < 4.78 is 3.07. The van der Waals surface area contributed by atoms with Crippen molar-refractivity contribution in [2.75, 3.05) is 0 Å². The summed E-state index contributed by atoms with van der Waals surface area (Å²) in [7, 11) is 1.70. The molecule has 0 amide bonds. The summed E-state index contributed by atoms with van der Waals surface area (Å²) in [6.07, 6.45) is 1.64. The van der Waals surface area contributed by atoms with Crippen molar-refractivity contribution in [1.29, 1.82) is 5.26 Å². The zero-order valence-corrected chi connectivity index (χ0v) is 11.2. The Kier molecular flexibility index (Phi) is 2.65. The molecule has 0 fully saturated rings. The molecule has 1 aromatic carbocycles. The van der Waals surface area contributed by atoms with E-state index in [1.165, 1.54) is 9.13 Å². The SMILES string of the molecule is Cc1ccc(-n2c(=O)n(C)c3cccc(C#N)c32)cn1. The van der Waals surface area contributed by atoms with Crippen molar-refractivity contribution in [3.05, 3.63) is 58.3 Å². The van der Waals surface area contributed by atoms with Gasteiger partial charge in [0.15, 0.2) is 0 Å². The lowest BCUT2D eigenvalue weighted by Crippen LogP contribution is -2.21. The van der Waals surface area contributed by atoms with Crippen LogP contribution in [0.2, 0.25) is 0 Å². The van der Waals surface area contributed by atoms with Crippen molar-refractivity contribution in [3.63, 3.8) is 0 Å². The largest absolute Gasteiger partial charge is 0.333 e. The van der Waals surface area contributed by atoms with Crippen LogP contribution in [0, 0.1) is 18.3 Å². The van der Waals surface area contributed by atoms with Crippen molar-refractivity contribution in [2.24, 2.45) is 7.05 Å². The smallest absolute Gasteiger partial charge is 0.295 e. The van der Waals surface area contributed by atoms with Gasteiger partial charge in [-0.05, 0) is 31.2 Å². The van der Waals surface area contributed by atoms with Crippen LogP contribution in [0.5, 0.6) is 0 Å². The lowest BCUT2D eigenvalue weighted by Gasteiger charge is -2.04. The lowest BCUT2D eigenvalue weighted by atomic mass is 10.2. The second kappa shape index (κ2) is 4.35. The number of pyridine rings is 1. The Labute approximate surface area is 115 Å². The van der Waals surface area contributed by atoms with Gasteiger partial charge in [-0.25, -0.2) is 4.79 Å². The van der Waals surface area contributed by atoms with Crippen LogP contribution in [0.15, 0.2) is 41.3 Å². The van der Waals surface area contributed by atoms with Crippen LogP contribution in [0.3, 0.4) is 0 Å². The molecule has 0 radical (unpaired) electrons. The number of benzene rings is 1. The number of aromatic nitrogens is 3. The second-order valence-electron chi connectivity index (χ2n) is 4.62. The van der Waals surface area contributed by atoms with E-state index in [1.807, 2.05) is 25.1 Å². The fourth-order valence-corrected chi connectivity index (χ4v) is 2.31. The molecule has 0 unspecified atom stereocenters. The van der Waals surface area contributed by atoms with E-state index in [-0.39, 0.29) is 5.69 Å². The molecule has 3 aromatic rings. The normalized spacial score (nSPS) is 10.7. The van der Waals surface area contributed by atoms with Crippen molar-refractivity contribution in [1.82, 2.24) is 14.1 Å². The van der Waals surface area contributed by atoms with Gasteiger partial charge in [0.2, 0.25) is 0 Å². The molecule has 98 valence electrons. The Morgan fingerprint density at radius 1 is 1.25 bits per heavy atom. The van der Waals surface area contributed by atoms with Gasteiger partial charge in [-0.15, -0.1) is 0 Å². The molecule has 0 N–H and O–H groups in total. The lowest BCUT2D eigenvalue weighted by molar-refractivity contribution is 0.843. The minimum atomic E-state index is -0.187. The minimum absolute atomic E-state index is 0.187. The second-order valence-corrected chi connectivity index (χ2v) is 4.62. The zero-order valence-electron chi connectivity index (χ0n) is 11.2. The number of hydrogen-bond acceptors (Lipinski definition) is 3. The van der Waals surface area contributed by atoms with E-state index in [1.54, 1.807) is 25.4 Å². The summed E-state index contributed by atoms with van der Waals surface area (Å²) in [4.78, 5) is 16.6. The average Bonchev–Trinajstić information content (AvgIpc) is 2.73. The molecule has 0 aliphatic rings. The van der Waals surface area contributed by atoms with Crippen molar-refractivity contribution < 1.29 is 0 Å². The molecule has 3 rings (SSSR count). The van der Waals surface area contributed by atoms with Crippen LogP contribution in [-0.4, -0.2) is 14.1 Å². The maximum atomic E-state index is 12.4. The number of nitriles is 1. The quantitative estimate of drug-likeness (QED) is 0.674. The molecular formula is C15H12N4O. The molecule has 5 heteroatoms. The first-order valence-electron chi connectivity index (χ1n) is 6.17. The summed E-state index contributed by atoms with van der Waals surface area (Å²) in [5, 5.41) is 9.26. The third kappa shape index (κ3) is 1.62. The van der Waals surface area contributed by atoms with E-state index in [0.29, 0.717) is 16.8 Å². The van der Waals surface area contributed by atoms with E-state index >= 15 is 0 Å². The predicted molar refractivity (Wildman–Crippen MR) is 75.8 cm³/mol. The Morgan fingerprint density at radius 3 is 2.70 bits per heavy atom. The maximum Gasteiger partial charge on any atom is 0.333 e. The molecule has 0 saturated carbocycles. The third-order valence-electron chi connectivity index (χ3n) is 3.35. The Morgan fingerprint density at radius 2 is 2.05 bits per heavy atom. The number of imidazole rings is 1. The van der Waals surface area contributed by atoms with Crippen LogP contribution in [-0.2, 0) is 7.05 Å². The number of nitrogens with zero attached hydrogens (tertiary/aromatic N) is 4. The van der Waals surface area contributed by atoms with Crippen LogP contribution in [0.1, 0.15) is 11.3 Å². The van der Waals surface area contributed by atoms with E-state index in [4.69, 9.17) is 0 Å². The summed E-state index contributed by atoms with van der Waals surface area (Å²) in [5.74, 6) is 0. The Bertz CT molecular complexity index is 894. The highest BCUT2D eigenvalue weighted by Crippen LogP contribution is 2.20. The molecule has 0 saturated heterocycles. The topological polar surface area (TPSA) is 63.6 Å². The maximum absolute atomic E-state index is 12.4. The molecule has 0 atom stereocenters. The summed E-state index contributed by atoms with van der Waals surface area (Å²) >= 11 is 0. The molecule has 2 heterocycles. The molecule has 2 aromatic heterocycles. The number of fused-ring (bicyclic) bond motifs is 1. The molecule has 0 aliphatic carbocycles. The number of hydrogen-bond donors (Lipinski definition) is 0. The van der Waals surface area contributed by atoms with Crippen molar-refractivity contribution >= 4 is 11.0 Å². The standard InChI is InChI=1S/C15H12N4O/c1-10-6-7-12(9-17-10)19-14-11(8-16)4-3-5-13(14)18(2)15(19)20/h3-7,9H,1-2H3. The predicted octanol–water partition coefficient (Wildman–Crippen LogP) is 1.90. The number of para-hydroxylation sites is 1. The molecular weight excluding hydrogens is 252 g/mol. The fourth-order valence-electron chi connectivity index (χ4n) is 2.31. The van der Waals surface area contributed by atoms with Gasteiger partial charge in [-0.2, -0.15) is 5.26 Å². The molecule has 0 aliphatic heterocycles. The van der Waals surface area contributed by atoms with E-state index in [0.717, 1.165) is 11.2 Å². The molecule has 0 bridgehead atoms. The van der Waals surface area contributed by atoms with Gasteiger partial charge in [0.1, 0.15) is 6.07 Å². The summed E-state index contributed by atoms with van der Waals surface area (Å²) in [6, 6.07) is 11.1. The van der Waals surface area contributed by atoms with Gasteiger partial charge in [0.25, 0.3) is 0 Å². The van der Waals surface area contributed by atoms with E-state index in [9.17, 15) is 10.1 Å². The zero-order chi connectivity index (χ0) is 14.3. The Hall–Kier alpha value is -2.87. The molecule has 5 nitrogen and oxygen atoms in total. The van der Waals surface area contributed by atoms with E-state index < -0.39 is 0 Å². The van der Waals surface area contributed by atoms with Crippen LogP contribution in [0.25, 0.3) is 16.7 Å². The van der Waals surface area contributed by atoms with Crippen LogP contribution < -0.4 is 5.69 Å². The highest BCUT2D eigenvalue weighted by atomic mass is 16.1. The minimum Gasteiger partial charge on any atom is -0.295 e. The average molecular weight is 264 g/mol. The van der Waals surface area contributed by atoms with Crippen molar-refractivity contribution in [2.45, 2.75) is 6.92 Å². The fraction of sp³-hybridized carbons (Fsp3) is 0.133. The van der Waals surface area contributed by atoms with Gasteiger partial charge in [0.05, 0.1) is 28.5 Å². The van der Waals surface area contributed by atoms with Gasteiger partial charge >= 0.3 is 5.69 Å². The third-order valence-corrected chi connectivity index (χ3v) is 3.35. The van der Waals surface area contributed by atoms with Crippen LogP contribution in [0.4, 0.5) is 0 Å². The van der Waals surface area contributed by atoms with Gasteiger partial charge in [-0.1, -0.05) is 6.07 Å². The monoisotopic (exact) mass is 264 g/mol. The van der Waals surface area contributed by atoms with Gasteiger partial charge < -0.3 is 0 Å². The summed E-state index contributed by atoms with van der Waals surface area (Å²) in [6.45, 7) is 1.89. The van der Waals surface area contributed by atoms with E-state index in [2.05, 4.69) is 11.1 Å². The van der Waals surface area contributed by atoms with Crippen LogP contribution >= 0.6 is 0 Å². The molecule has 0 spiro atoms. The number of rotatable bonds is 1. The van der Waals surface area contributed by atoms with Gasteiger partial charge in [0, 0.05) is 12.7 Å². The first-order chi connectivity index (χ1) is 9.63. The highest BCUT2D eigenvalue weighted by Gasteiger charge is 2.15. The molecule has 20 heavy (non-hydrogen) atoms. The first kappa shape index (κ1) is 12.2.